The van der Waals surface area contributed by atoms with Gasteiger partial charge >= 0.3 is 12.0 Å². The van der Waals surface area contributed by atoms with Gasteiger partial charge in [-0.1, -0.05) is 12.8 Å². The zero-order chi connectivity index (χ0) is 14.3. The van der Waals surface area contributed by atoms with E-state index in [4.69, 9.17) is 9.84 Å². The number of hydrogen-bond acceptors (Lipinski definition) is 3. The summed E-state index contributed by atoms with van der Waals surface area (Å²) in [6.07, 6.45) is 4.03. The molecule has 0 spiro atoms. The summed E-state index contributed by atoms with van der Waals surface area (Å²) >= 11 is 0. The molecule has 1 aliphatic rings. The molecule has 0 heterocycles. The molecule has 6 heteroatoms. The molecule has 1 fully saturated rings. The van der Waals surface area contributed by atoms with Crippen LogP contribution in [0.25, 0.3) is 0 Å². The van der Waals surface area contributed by atoms with E-state index < -0.39 is 5.97 Å². The maximum atomic E-state index is 12.0. The van der Waals surface area contributed by atoms with Crippen molar-refractivity contribution >= 4 is 12.0 Å². The fourth-order valence-corrected chi connectivity index (χ4v) is 2.28. The largest absolute Gasteiger partial charge is 0.480 e. The molecule has 2 N–H and O–H groups in total. The molecule has 0 atom stereocenters. The van der Waals surface area contributed by atoms with Crippen LogP contribution in [0.4, 0.5) is 4.79 Å². The average Bonchev–Trinajstić information content (AvgIpc) is 2.84. The van der Waals surface area contributed by atoms with Crippen LogP contribution < -0.4 is 5.32 Å². The number of hydrogen-bond donors (Lipinski definition) is 2. The Labute approximate surface area is 114 Å². The lowest BCUT2D eigenvalue weighted by Crippen LogP contribution is -2.48. The molecular weight excluding hydrogens is 248 g/mol. The van der Waals surface area contributed by atoms with Crippen LogP contribution in [0.1, 0.15) is 39.5 Å². The first-order valence-electron chi connectivity index (χ1n) is 6.88. The first-order valence-corrected chi connectivity index (χ1v) is 6.88. The van der Waals surface area contributed by atoms with Gasteiger partial charge in [-0.2, -0.15) is 0 Å². The highest BCUT2D eigenvalue weighted by atomic mass is 16.5. The van der Waals surface area contributed by atoms with Gasteiger partial charge in [-0.05, 0) is 26.7 Å². The molecule has 1 aliphatic carbocycles. The monoisotopic (exact) mass is 272 g/mol. The third kappa shape index (κ3) is 5.92. The quantitative estimate of drug-likeness (QED) is 0.688. The van der Waals surface area contributed by atoms with E-state index in [1.54, 1.807) is 0 Å². The lowest BCUT2D eigenvalue weighted by molar-refractivity contribution is -0.138. The highest BCUT2D eigenvalue weighted by Gasteiger charge is 2.28. The number of aliphatic carboxylic acids is 1. The summed E-state index contributed by atoms with van der Waals surface area (Å²) < 4.78 is 5.33. The van der Waals surface area contributed by atoms with Crippen LogP contribution in [0, 0.1) is 0 Å². The number of rotatable bonds is 7. The zero-order valence-corrected chi connectivity index (χ0v) is 11.7. The van der Waals surface area contributed by atoms with Gasteiger partial charge < -0.3 is 20.1 Å². The van der Waals surface area contributed by atoms with Gasteiger partial charge in [-0.25, -0.2) is 4.79 Å². The van der Waals surface area contributed by atoms with Gasteiger partial charge in [-0.15, -0.1) is 0 Å². The number of carbonyl (C=O) groups excluding carboxylic acids is 1. The van der Waals surface area contributed by atoms with Crippen molar-refractivity contribution in [2.75, 3.05) is 19.7 Å². The Balaban J connectivity index is 2.40. The molecule has 0 aromatic heterocycles. The molecular formula is C13H24N2O4. The van der Waals surface area contributed by atoms with Crippen molar-refractivity contribution in [3.8, 4) is 0 Å². The van der Waals surface area contributed by atoms with Gasteiger partial charge in [0.05, 0.1) is 12.7 Å². The third-order valence-corrected chi connectivity index (χ3v) is 3.16. The Morgan fingerprint density at radius 1 is 1.37 bits per heavy atom. The number of ether oxygens (including phenoxy) is 1. The van der Waals surface area contributed by atoms with Crippen LogP contribution in [-0.4, -0.2) is 53.8 Å². The third-order valence-electron chi connectivity index (χ3n) is 3.16. The lowest BCUT2D eigenvalue weighted by atomic mass is 10.2. The highest BCUT2D eigenvalue weighted by Crippen LogP contribution is 2.23. The van der Waals surface area contributed by atoms with Crippen LogP contribution >= 0.6 is 0 Å². The van der Waals surface area contributed by atoms with Gasteiger partial charge in [0, 0.05) is 12.6 Å². The summed E-state index contributed by atoms with van der Waals surface area (Å²) in [5.41, 5.74) is 0. The minimum Gasteiger partial charge on any atom is -0.480 e. The minimum absolute atomic E-state index is 0.0575. The normalized spacial score (nSPS) is 15.7. The second kappa shape index (κ2) is 7.99. The van der Waals surface area contributed by atoms with E-state index in [0.717, 1.165) is 25.7 Å². The van der Waals surface area contributed by atoms with E-state index >= 15 is 0 Å². The number of amides is 2. The average molecular weight is 272 g/mol. The van der Waals surface area contributed by atoms with Crippen LogP contribution in [-0.2, 0) is 9.53 Å². The second-order valence-corrected chi connectivity index (χ2v) is 5.11. The first-order chi connectivity index (χ1) is 9.00. The number of nitrogens with zero attached hydrogens (tertiary/aromatic N) is 1. The van der Waals surface area contributed by atoms with Crippen molar-refractivity contribution in [3.63, 3.8) is 0 Å². The predicted octanol–water partition coefficient (Wildman–Crippen LogP) is 1.45. The summed E-state index contributed by atoms with van der Waals surface area (Å²) in [6, 6.07) is -0.247. The number of carboxylic acid groups (broad SMARTS) is 1. The van der Waals surface area contributed by atoms with E-state index in [9.17, 15) is 9.59 Å². The SMILES string of the molecule is CC(C)OCCNC(=O)N(CC(=O)O)C1CCCC1. The number of carboxylic acids is 1. The predicted molar refractivity (Wildman–Crippen MR) is 71.1 cm³/mol. The van der Waals surface area contributed by atoms with Crippen molar-refractivity contribution in [3.05, 3.63) is 0 Å². The zero-order valence-electron chi connectivity index (χ0n) is 11.7. The Morgan fingerprint density at radius 2 is 2.00 bits per heavy atom. The van der Waals surface area contributed by atoms with Crippen molar-refractivity contribution in [1.29, 1.82) is 0 Å². The Bertz CT molecular complexity index is 301. The summed E-state index contributed by atoms with van der Waals surface area (Å²) in [4.78, 5) is 24.3. The smallest absolute Gasteiger partial charge is 0.323 e. The maximum absolute atomic E-state index is 12.0. The number of nitrogens with one attached hydrogen (secondary N) is 1. The standard InChI is InChI=1S/C13H24N2O4/c1-10(2)19-8-7-14-13(18)15(9-12(16)17)11-5-3-4-6-11/h10-11H,3-9H2,1-2H3,(H,14,18)(H,16,17). The van der Waals surface area contributed by atoms with Gasteiger partial charge in [-0.3, -0.25) is 4.79 Å². The van der Waals surface area contributed by atoms with Crippen molar-refractivity contribution in [1.82, 2.24) is 10.2 Å². The number of urea groups is 1. The molecule has 0 aliphatic heterocycles. The summed E-state index contributed by atoms with van der Waals surface area (Å²) in [6.45, 7) is 4.46. The van der Waals surface area contributed by atoms with Crippen LogP contribution in [0.5, 0.6) is 0 Å². The molecule has 0 aromatic rings. The molecule has 110 valence electrons. The molecule has 2 amide bonds. The highest BCUT2D eigenvalue weighted by molar-refractivity contribution is 5.80. The van der Waals surface area contributed by atoms with Crippen molar-refractivity contribution in [2.45, 2.75) is 51.7 Å². The Kier molecular flexibility index (Phi) is 6.62. The van der Waals surface area contributed by atoms with Gasteiger partial charge in [0.25, 0.3) is 0 Å². The van der Waals surface area contributed by atoms with Gasteiger partial charge in [0.2, 0.25) is 0 Å². The molecule has 0 radical (unpaired) electrons. The van der Waals surface area contributed by atoms with E-state index in [1.807, 2.05) is 13.8 Å². The molecule has 0 bridgehead atoms. The van der Waals surface area contributed by atoms with Crippen LogP contribution in [0.3, 0.4) is 0 Å². The molecule has 0 aromatic carbocycles. The van der Waals surface area contributed by atoms with E-state index in [0.29, 0.717) is 13.2 Å². The molecule has 1 rings (SSSR count). The van der Waals surface area contributed by atoms with E-state index in [-0.39, 0.29) is 24.7 Å². The fraction of sp³-hybridized carbons (Fsp3) is 0.846. The van der Waals surface area contributed by atoms with Gasteiger partial charge in [0.15, 0.2) is 0 Å². The molecule has 6 nitrogen and oxygen atoms in total. The van der Waals surface area contributed by atoms with E-state index in [1.165, 1.54) is 4.90 Å². The van der Waals surface area contributed by atoms with Gasteiger partial charge in [0.1, 0.15) is 6.54 Å². The van der Waals surface area contributed by atoms with E-state index in [2.05, 4.69) is 5.32 Å². The minimum atomic E-state index is -0.972. The molecule has 0 unspecified atom stereocenters. The molecule has 1 saturated carbocycles. The van der Waals surface area contributed by atoms with Crippen molar-refractivity contribution in [2.24, 2.45) is 0 Å². The maximum Gasteiger partial charge on any atom is 0.323 e. The first kappa shape index (κ1) is 15.8. The summed E-state index contributed by atoms with van der Waals surface area (Å²) in [7, 11) is 0. The van der Waals surface area contributed by atoms with Crippen molar-refractivity contribution < 1.29 is 19.4 Å². The molecule has 0 saturated heterocycles. The fourth-order valence-electron chi connectivity index (χ4n) is 2.28. The topological polar surface area (TPSA) is 78.9 Å². The van der Waals surface area contributed by atoms with Crippen LogP contribution in [0.2, 0.25) is 0 Å². The Hall–Kier alpha value is -1.30. The number of carbonyl (C=O) groups is 2. The van der Waals surface area contributed by atoms with Crippen LogP contribution in [0.15, 0.2) is 0 Å². The lowest BCUT2D eigenvalue weighted by Gasteiger charge is -2.27. The summed E-state index contributed by atoms with van der Waals surface area (Å²) in [5.74, 6) is -0.972. The Morgan fingerprint density at radius 3 is 2.53 bits per heavy atom. The molecule has 19 heavy (non-hydrogen) atoms. The summed E-state index contributed by atoms with van der Waals surface area (Å²) in [5, 5.41) is 11.6. The second-order valence-electron chi connectivity index (χ2n) is 5.11.